The van der Waals surface area contributed by atoms with Crippen LogP contribution in [0.25, 0.3) is 0 Å². The third-order valence-corrected chi connectivity index (χ3v) is 6.20. The van der Waals surface area contributed by atoms with E-state index in [0.717, 1.165) is 24.8 Å². The molecule has 1 N–H and O–H groups in total. The highest BCUT2D eigenvalue weighted by molar-refractivity contribution is 6.34. The molecule has 4 atom stereocenters. The molecule has 0 spiro atoms. The Balaban J connectivity index is 0.00000169. The van der Waals surface area contributed by atoms with Gasteiger partial charge >= 0.3 is 0 Å². The lowest BCUT2D eigenvalue weighted by atomic mass is 9.98. The number of fused-ring (bicyclic) bond motifs is 2. The van der Waals surface area contributed by atoms with Gasteiger partial charge in [0.05, 0.1) is 0 Å². The Morgan fingerprint density at radius 2 is 1.67 bits per heavy atom. The number of hydrogen-bond acceptors (Lipinski definition) is 2. The average Bonchev–Trinajstić information content (AvgIpc) is 3.24. The number of halogens is 3. The smallest absolute Gasteiger partial charge is 0.226 e. The van der Waals surface area contributed by atoms with E-state index < -0.39 is 0 Å². The van der Waals surface area contributed by atoms with Crippen molar-refractivity contribution in [3.8, 4) is 0 Å². The van der Waals surface area contributed by atoms with E-state index in [1.165, 1.54) is 12.8 Å². The molecule has 1 saturated carbocycles. The lowest BCUT2D eigenvalue weighted by Crippen LogP contribution is -2.49. The van der Waals surface area contributed by atoms with Gasteiger partial charge in [0.15, 0.2) is 0 Å². The van der Waals surface area contributed by atoms with Gasteiger partial charge in [0.1, 0.15) is 0 Å². The van der Waals surface area contributed by atoms with E-state index in [-0.39, 0.29) is 30.2 Å². The largest absolute Gasteiger partial charge is 0.342 e. The minimum atomic E-state index is 0. The molecule has 1 aliphatic carbocycles. The second-order valence-electron chi connectivity index (χ2n) is 7.36. The fraction of sp³-hybridized carbons (Fsp3) is 0.611. The molecular weight excluding hydrogens is 367 g/mol. The molecule has 24 heavy (non-hydrogen) atoms. The van der Waals surface area contributed by atoms with Crippen LogP contribution in [0.4, 0.5) is 0 Å². The van der Waals surface area contributed by atoms with Gasteiger partial charge in [-0.05, 0) is 61.8 Å². The van der Waals surface area contributed by atoms with Gasteiger partial charge in [-0.1, -0.05) is 23.2 Å². The van der Waals surface area contributed by atoms with Crippen molar-refractivity contribution in [2.24, 2.45) is 5.92 Å². The second-order valence-corrected chi connectivity index (χ2v) is 8.24. The third kappa shape index (κ3) is 3.55. The molecule has 1 aromatic carbocycles. The first-order valence-corrected chi connectivity index (χ1v) is 9.25. The van der Waals surface area contributed by atoms with E-state index in [4.69, 9.17) is 23.2 Å². The average molecular weight is 390 g/mol. The van der Waals surface area contributed by atoms with Gasteiger partial charge in [-0.25, -0.2) is 0 Å². The Morgan fingerprint density at radius 1 is 1.08 bits per heavy atom. The third-order valence-electron chi connectivity index (χ3n) is 5.76. The number of hydrogen-bond donors (Lipinski definition) is 1. The predicted molar refractivity (Wildman–Crippen MR) is 100 cm³/mol. The maximum Gasteiger partial charge on any atom is 0.226 e. The van der Waals surface area contributed by atoms with Crippen LogP contribution < -0.4 is 5.32 Å². The highest BCUT2D eigenvalue weighted by Crippen LogP contribution is 2.49. The van der Waals surface area contributed by atoms with Crippen molar-refractivity contribution in [3.63, 3.8) is 0 Å². The summed E-state index contributed by atoms with van der Waals surface area (Å²) < 4.78 is 0. The van der Waals surface area contributed by atoms with E-state index in [0.29, 0.717) is 28.2 Å². The van der Waals surface area contributed by atoms with E-state index in [1.807, 2.05) is 24.1 Å². The molecule has 132 valence electrons. The minimum absolute atomic E-state index is 0. The zero-order valence-corrected chi connectivity index (χ0v) is 16.0. The fourth-order valence-corrected chi connectivity index (χ4v) is 4.95. The van der Waals surface area contributed by atoms with Crippen molar-refractivity contribution in [3.05, 3.63) is 33.8 Å². The van der Waals surface area contributed by atoms with Crippen LogP contribution in [0.2, 0.25) is 10.0 Å². The maximum atomic E-state index is 12.8. The molecule has 2 aliphatic heterocycles. The summed E-state index contributed by atoms with van der Waals surface area (Å²) >= 11 is 12.2. The van der Waals surface area contributed by atoms with E-state index in [1.54, 1.807) is 6.07 Å². The van der Waals surface area contributed by atoms with Crippen molar-refractivity contribution < 1.29 is 4.79 Å². The van der Waals surface area contributed by atoms with E-state index in [9.17, 15) is 4.79 Å². The van der Waals surface area contributed by atoms with Crippen LogP contribution in [0.5, 0.6) is 0 Å². The summed E-state index contributed by atoms with van der Waals surface area (Å²) in [6, 6.07) is 7.23. The van der Waals surface area contributed by atoms with Crippen LogP contribution in [0.3, 0.4) is 0 Å². The summed E-state index contributed by atoms with van der Waals surface area (Å²) in [5.41, 5.74) is 1.10. The summed E-state index contributed by atoms with van der Waals surface area (Å²) in [4.78, 5) is 14.8. The summed E-state index contributed by atoms with van der Waals surface area (Å²) in [6.45, 7) is 0. The Hall–Kier alpha value is -0.480. The topological polar surface area (TPSA) is 32.3 Å². The molecule has 3 fully saturated rings. The summed E-state index contributed by atoms with van der Waals surface area (Å²) in [5, 5.41) is 4.93. The molecular formula is C18H23Cl3N2O. The van der Waals surface area contributed by atoms with Gasteiger partial charge in [-0.15, -0.1) is 12.4 Å². The summed E-state index contributed by atoms with van der Waals surface area (Å²) in [5.74, 6) is 0.666. The lowest BCUT2D eigenvalue weighted by Gasteiger charge is -2.35. The Labute approximate surface area is 159 Å². The molecule has 3 aliphatic rings. The number of nitrogens with zero attached hydrogens (tertiary/aromatic N) is 1. The first-order chi connectivity index (χ1) is 11.0. The monoisotopic (exact) mass is 388 g/mol. The number of piperidine rings is 1. The number of nitrogens with one attached hydrogen (secondary N) is 1. The molecule has 3 nitrogen and oxygen atoms in total. The molecule has 0 aromatic heterocycles. The summed E-state index contributed by atoms with van der Waals surface area (Å²) in [7, 11) is 1.98. The molecule has 1 aromatic rings. The Kier molecular flexibility index (Phi) is 5.36. The van der Waals surface area contributed by atoms with Gasteiger partial charge in [0.2, 0.25) is 5.91 Å². The zero-order valence-electron chi connectivity index (χ0n) is 13.7. The number of rotatable bonds is 3. The van der Waals surface area contributed by atoms with Gasteiger partial charge < -0.3 is 10.2 Å². The van der Waals surface area contributed by atoms with Gasteiger partial charge in [-0.3, -0.25) is 4.79 Å². The predicted octanol–water partition coefficient (Wildman–Crippen LogP) is 4.26. The zero-order chi connectivity index (χ0) is 16.1. The number of amides is 1. The highest BCUT2D eigenvalue weighted by atomic mass is 35.5. The van der Waals surface area contributed by atoms with Crippen molar-refractivity contribution in [2.75, 3.05) is 7.05 Å². The van der Waals surface area contributed by atoms with Crippen molar-refractivity contribution in [1.29, 1.82) is 0 Å². The molecule has 4 rings (SSSR count). The Morgan fingerprint density at radius 3 is 2.25 bits per heavy atom. The number of carbonyl (C=O) groups is 1. The molecule has 2 saturated heterocycles. The van der Waals surface area contributed by atoms with Gasteiger partial charge in [-0.2, -0.15) is 0 Å². The van der Waals surface area contributed by atoms with E-state index >= 15 is 0 Å². The fourth-order valence-electron chi connectivity index (χ4n) is 4.41. The standard InChI is InChI=1S/C18H22Cl2N2O.ClH/c1-22(15-7-13-2-3-14(8-15)21-13)18(23)17-9-16(17)10-4-11(19)6-12(20)5-10;/h4-6,13-17,21H,2-3,7-9H2,1H3;1H. The quantitative estimate of drug-likeness (QED) is 0.837. The molecule has 6 heteroatoms. The van der Waals surface area contributed by atoms with Crippen molar-refractivity contribution >= 4 is 41.5 Å². The van der Waals surface area contributed by atoms with E-state index in [2.05, 4.69) is 5.32 Å². The first kappa shape index (κ1) is 18.3. The van der Waals surface area contributed by atoms with Gasteiger partial charge in [0.25, 0.3) is 0 Å². The molecule has 1 amide bonds. The number of benzene rings is 1. The molecule has 2 bridgehead atoms. The minimum Gasteiger partial charge on any atom is -0.342 e. The van der Waals surface area contributed by atoms with Crippen molar-refractivity contribution in [1.82, 2.24) is 10.2 Å². The highest BCUT2D eigenvalue weighted by Gasteiger charge is 2.47. The first-order valence-electron chi connectivity index (χ1n) is 8.50. The lowest BCUT2D eigenvalue weighted by molar-refractivity contribution is -0.134. The van der Waals surface area contributed by atoms with Crippen LogP contribution in [0.15, 0.2) is 18.2 Å². The maximum absolute atomic E-state index is 12.8. The summed E-state index contributed by atoms with van der Waals surface area (Å²) in [6.07, 6.45) is 5.63. The SMILES string of the molecule is CN(C(=O)C1CC1c1cc(Cl)cc(Cl)c1)C1CC2CCC(C1)N2.Cl. The number of carbonyl (C=O) groups excluding carboxylic acids is 1. The Bertz CT molecular complexity index is 606. The van der Waals surface area contributed by atoms with Gasteiger partial charge in [0, 0.05) is 41.1 Å². The van der Waals surface area contributed by atoms with Crippen LogP contribution in [-0.2, 0) is 4.79 Å². The molecule has 4 unspecified atom stereocenters. The second kappa shape index (κ2) is 7.03. The van der Waals surface area contributed by atoms with Crippen LogP contribution in [0, 0.1) is 5.92 Å². The molecule has 2 heterocycles. The van der Waals surface area contributed by atoms with Crippen LogP contribution in [-0.4, -0.2) is 36.0 Å². The normalized spacial score (nSPS) is 33.7. The van der Waals surface area contributed by atoms with Crippen molar-refractivity contribution in [2.45, 2.75) is 56.1 Å². The van der Waals surface area contributed by atoms with Crippen LogP contribution in [0.1, 0.15) is 43.6 Å². The van der Waals surface area contributed by atoms with Crippen LogP contribution >= 0.6 is 35.6 Å². The molecule has 0 radical (unpaired) electrons.